The third kappa shape index (κ3) is 3.21. The highest BCUT2D eigenvalue weighted by Gasteiger charge is 2.01. The lowest BCUT2D eigenvalue weighted by atomic mass is 10.1. The Labute approximate surface area is 102 Å². The molecule has 0 aliphatic carbocycles. The predicted octanol–water partition coefficient (Wildman–Crippen LogP) is 3.85. The molecule has 0 saturated heterocycles. The SMILES string of the molecule is CC(C)COCOc1cccc2ccccc12. The first-order valence-electron chi connectivity index (χ1n) is 5.95. The van der Waals surface area contributed by atoms with Crippen molar-refractivity contribution in [2.24, 2.45) is 5.92 Å². The van der Waals surface area contributed by atoms with E-state index in [9.17, 15) is 0 Å². The summed E-state index contributed by atoms with van der Waals surface area (Å²) >= 11 is 0. The van der Waals surface area contributed by atoms with Crippen LogP contribution in [0.3, 0.4) is 0 Å². The first-order chi connectivity index (χ1) is 8.27. The number of rotatable bonds is 5. The van der Waals surface area contributed by atoms with Gasteiger partial charge in [0.15, 0.2) is 6.79 Å². The van der Waals surface area contributed by atoms with E-state index in [-0.39, 0.29) is 0 Å². The summed E-state index contributed by atoms with van der Waals surface area (Å²) in [5.74, 6) is 1.41. The lowest BCUT2D eigenvalue weighted by Crippen LogP contribution is -2.08. The van der Waals surface area contributed by atoms with Crippen LogP contribution in [0.15, 0.2) is 42.5 Å². The molecule has 0 saturated carbocycles. The molecule has 0 bridgehead atoms. The maximum Gasteiger partial charge on any atom is 0.189 e. The lowest BCUT2D eigenvalue weighted by molar-refractivity contribution is 0.00353. The van der Waals surface area contributed by atoms with Crippen LogP contribution in [-0.4, -0.2) is 13.4 Å². The minimum atomic E-state index is 0.312. The minimum absolute atomic E-state index is 0.312. The molecule has 0 aliphatic heterocycles. The Kier molecular flexibility index (Phi) is 3.99. The van der Waals surface area contributed by atoms with Crippen molar-refractivity contribution in [1.29, 1.82) is 0 Å². The van der Waals surface area contributed by atoms with Crippen LogP contribution in [0.5, 0.6) is 5.75 Å². The second-order valence-electron chi connectivity index (χ2n) is 4.50. The van der Waals surface area contributed by atoms with Gasteiger partial charge in [0, 0.05) is 5.39 Å². The van der Waals surface area contributed by atoms with Crippen molar-refractivity contribution >= 4 is 10.8 Å². The molecule has 0 spiro atoms. The van der Waals surface area contributed by atoms with Crippen molar-refractivity contribution in [3.8, 4) is 5.75 Å². The van der Waals surface area contributed by atoms with E-state index in [0.717, 1.165) is 17.7 Å². The highest BCUT2D eigenvalue weighted by molar-refractivity contribution is 5.88. The Morgan fingerprint density at radius 1 is 1.00 bits per heavy atom. The Bertz CT molecular complexity index is 472. The van der Waals surface area contributed by atoms with Crippen LogP contribution in [0.25, 0.3) is 10.8 Å². The maximum atomic E-state index is 5.65. The van der Waals surface area contributed by atoms with Crippen LogP contribution in [0.2, 0.25) is 0 Å². The van der Waals surface area contributed by atoms with E-state index in [1.807, 2.05) is 24.3 Å². The van der Waals surface area contributed by atoms with Crippen LogP contribution < -0.4 is 4.74 Å². The topological polar surface area (TPSA) is 18.5 Å². The Morgan fingerprint density at radius 2 is 1.76 bits per heavy atom. The molecule has 0 fully saturated rings. The molecule has 0 aromatic heterocycles. The van der Waals surface area contributed by atoms with Gasteiger partial charge in [-0.2, -0.15) is 0 Å². The summed E-state index contributed by atoms with van der Waals surface area (Å²) in [6.07, 6.45) is 0. The van der Waals surface area contributed by atoms with Crippen LogP contribution in [0.1, 0.15) is 13.8 Å². The lowest BCUT2D eigenvalue weighted by Gasteiger charge is -2.10. The van der Waals surface area contributed by atoms with Gasteiger partial charge in [-0.1, -0.05) is 50.2 Å². The van der Waals surface area contributed by atoms with Crippen molar-refractivity contribution in [1.82, 2.24) is 0 Å². The molecule has 2 rings (SSSR count). The Morgan fingerprint density at radius 3 is 2.59 bits per heavy atom. The van der Waals surface area contributed by atoms with Gasteiger partial charge in [-0.25, -0.2) is 0 Å². The molecule has 0 amide bonds. The maximum absolute atomic E-state index is 5.65. The number of ether oxygens (including phenoxy) is 2. The first-order valence-corrected chi connectivity index (χ1v) is 5.95. The molecule has 0 atom stereocenters. The van der Waals surface area contributed by atoms with Crippen molar-refractivity contribution < 1.29 is 9.47 Å². The molecule has 2 aromatic rings. The van der Waals surface area contributed by atoms with Gasteiger partial charge in [-0.3, -0.25) is 0 Å². The smallest absolute Gasteiger partial charge is 0.189 e. The molecule has 17 heavy (non-hydrogen) atoms. The molecule has 90 valence electrons. The molecule has 2 nitrogen and oxygen atoms in total. The third-order valence-electron chi connectivity index (χ3n) is 2.50. The van der Waals surface area contributed by atoms with Gasteiger partial charge in [-0.05, 0) is 17.4 Å². The van der Waals surface area contributed by atoms with Crippen molar-refractivity contribution in [2.45, 2.75) is 13.8 Å². The molecule has 0 aliphatic rings. The van der Waals surface area contributed by atoms with E-state index in [0.29, 0.717) is 12.7 Å². The molecule has 2 heteroatoms. The zero-order valence-corrected chi connectivity index (χ0v) is 10.3. The zero-order chi connectivity index (χ0) is 12.1. The normalized spacial score (nSPS) is 11.0. The average Bonchev–Trinajstić information content (AvgIpc) is 2.34. The fraction of sp³-hybridized carbons (Fsp3) is 0.333. The van der Waals surface area contributed by atoms with Gasteiger partial charge >= 0.3 is 0 Å². The molecule has 0 unspecified atom stereocenters. The Hall–Kier alpha value is -1.54. The minimum Gasteiger partial charge on any atom is -0.467 e. The van der Waals surface area contributed by atoms with E-state index in [1.54, 1.807) is 0 Å². The Balaban J connectivity index is 2.03. The molecule has 2 aromatic carbocycles. The van der Waals surface area contributed by atoms with E-state index in [2.05, 4.69) is 32.0 Å². The van der Waals surface area contributed by atoms with Gasteiger partial charge in [0.1, 0.15) is 5.75 Å². The predicted molar refractivity (Wildman–Crippen MR) is 70.2 cm³/mol. The standard InChI is InChI=1S/C15H18O2/c1-12(2)10-16-11-17-15-9-5-7-13-6-3-4-8-14(13)15/h3-9,12H,10-11H2,1-2H3. The monoisotopic (exact) mass is 230 g/mol. The number of hydrogen-bond donors (Lipinski definition) is 0. The molecular weight excluding hydrogens is 212 g/mol. The van der Waals surface area contributed by atoms with Crippen LogP contribution in [-0.2, 0) is 4.74 Å². The fourth-order valence-corrected chi connectivity index (χ4v) is 1.71. The summed E-state index contributed by atoms with van der Waals surface area (Å²) < 4.78 is 11.1. The van der Waals surface area contributed by atoms with E-state index in [1.165, 1.54) is 5.39 Å². The summed E-state index contributed by atoms with van der Waals surface area (Å²) in [5.41, 5.74) is 0. The van der Waals surface area contributed by atoms with Gasteiger partial charge < -0.3 is 9.47 Å². The van der Waals surface area contributed by atoms with Crippen LogP contribution in [0, 0.1) is 5.92 Å². The quantitative estimate of drug-likeness (QED) is 0.573. The second-order valence-corrected chi connectivity index (χ2v) is 4.50. The highest BCUT2D eigenvalue weighted by atomic mass is 16.7. The third-order valence-corrected chi connectivity index (χ3v) is 2.50. The van der Waals surface area contributed by atoms with Crippen LogP contribution in [0.4, 0.5) is 0 Å². The van der Waals surface area contributed by atoms with E-state index < -0.39 is 0 Å². The van der Waals surface area contributed by atoms with Crippen LogP contribution >= 0.6 is 0 Å². The van der Waals surface area contributed by atoms with Gasteiger partial charge in [0.05, 0.1) is 6.61 Å². The average molecular weight is 230 g/mol. The second kappa shape index (κ2) is 5.69. The summed E-state index contributed by atoms with van der Waals surface area (Å²) in [7, 11) is 0. The van der Waals surface area contributed by atoms with Gasteiger partial charge in [0.2, 0.25) is 0 Å². The molecule has 0 N–H and O–H groups in total. The van der Waals surface area contributed by atoms with Crippen molar-refractivity contribution in [3.63, 3.8) is 0 Å². The first kappa shape index (κ1) is 11.9. The van der Waals surface area contributed by atoms with Crippen molar-refractivity contribution in [2.75, 3.05) is 13.4 Å². The highest BCUT2D eigenvalue weighted by Crippen LogP contribution is 2.24. The number of hydrogen-bond acceptors (Lipinski definition) is 2. The zero-order valence-electron chi connectivity index (χ0n) is 10.3. The summed E-state index contributed by atoms with van der Waals surface area (Å²) in [4.78, 5) is 0. The fourth-order valence-electron chi connectivity index (χ4n) is 1.71. The number of fused-ring (bicyclic) bond motifs is 1. The van der Waals surface area contributed by atoms with E-state index >= 15 is 0 Å². The molecule has 0 radical (unpaired) electrons. The van der Waals surface area contributed by atoms with E-state index in [4.69, 9.17) is 9.47 Å². The summed E-state index contributed by atoms with van der Waals surface area (Å²) in [6.45, 7) is 5.28. The summed E-state index contributed by atoms with van der Waals surface area (Å²) in [5, 5.41) is 2.32. The number of benzene rings is 2. The largest absolute Gasteiger partial charge is 0.467 e. The van der Waals surface area contributed by atoms with Crippen molar-refractivity contribution in [3.05, 3.63) is 42.5 Å². The van der Waals surface area contributed by atoms with Gasteiger partial charge in [-0.15, -0.1) is 0 Å². The molecular formula is C15H18O2. The van der Waals surface area contributed by atoms with Gasteiger partial charge in [0.25, 0.3) is 0 Å². The summed E-state index contributed by atoms with van der Waals surface area (Å²) in [6, 6.07) is 14.2. The molecule has 0 heterocycles.